The lowest BCUT2D eigenvalue weighted by Gasteiger charge is -2.25. The lowest BCUT2D eigenvalue weighted by Crippen LogP contribution is -2.48. The first-order valence-corrected chi connectivity index (χ1v) is 6.10. The summed E-state index contributed by atoms with van der Waals surface area (Å²) in [6.07, 6.45) is 2.42. The third-order valence-corrected chi connectivity index (χ3v) is 3.21. The van der Waals surface area contributed by atoms with Gasteiger partial charge >= 0.3 is 5.97 Å². The highest BCUT2D eigenvalue weighted by atomic mass is 16.4. The first-order valence-electron chi connectivity index (χ1n) is 6.10. The van der Waals surface area contributed by atoms with Gasteiger partial charge in [0.05, 0.1) is 0 Å². The van der Waals surface area contributed by atoms with Crippen molar-refractivity contribution in [1.82, 2.24) is 10.2 Å². The summed E-state index contributed by atoms with van der Waals surface area (Å²) < 4.78 is 0. The Bertz CT molecular complexity index is 296. The zero-order chi connectivity index (χ0) is 13.1. The standard InChI is InChI=1S/C12H22N2O3/c1-9(8-14-6-4-5-7-14)13-10(15)12(2,3)11(16)17/h9H,4-8H2,1-3H3,(H,13,15)(H,16,17). The van der Waals surface area contributed by atoms with Gasteiger partial charge in [-0.2, -0.15) is 0 Å². The van der Waals surface area contributed by atoms with Crippen LogP contribution in [0.3, 0.4) is 0 Å². The average molecular weight is 242 g/mol. The minimum Gasteiger partial charge on any atom is -0.480 e. The van der Waals surface area contributed by atoms with E-state index in [1.165, 1.54) is 26.7 Å². The number of aliphatic carboxylic acids is 1. The van der Waals surface area contributed by atoms with E-state index in [0.717, 1.165) is 19.6 Å². The van der Waals surface area contributed by atoms with Crippen molar-refractivity contribution in [1.29, 1.82) is 0 Å². The number of carbonyl (C=O) groups is 2. The number of hydrogen-bond acceptors (Lipinski definition) is 3. The topological polar surface area (TPSA) is 69.6 Å². The van der Waals surface area contributed by atoms with E-state index in [1.54, 1.807) is 0 Å². The summed E-state index contributed by atoms with van der Waals surface area (Å²) in [5, 5.41) is 11.7. The van der Waals surface area contributed by atoms with Gasteiger partial charge < -0.3 is 15.3 Å². The number of rotatable bonds is 5. The number of amides is 1. The number of nitrogens with one attached hydrogen (secondary N) is 1. The second-order valence-corrected chi connectivity index (χ2v) is 5.31. The minimum atomic E-state index is -1.36. The summed E-state index contributed by atoms with van der Waals surface area (Å²) >= 11 is 0. The smallest absolute Gasteiger partial charge is 0.318 e. The lowest BCUT2D eigenvalue weighted by molar-refractivity contribution is -0.153. The fraction of sp³-hybridized carbons (Fsp3) is 0.833. The molecule has 0 aromatic carbocycles. The number of nitrogens with zero attached hydrogens (tertiary/aromatic N) is 1. The molecule has 1 fully saturated rings. The summed E-state index contributed by atoms with van der Waals surface area (Å²) in [7, 11) is 0. The Morgan fingerprint density at radius 2 is 1.88 bits per heavy atom. The van der Waals surface area contributed by atoms with Crippen molar-refractivity contribution in [3.05, 3.63) is 0 Å². The van der Waals surface area contributed by atoms with Crippen LogP contribution < -0.4 is 5.32 Å². The molecule has 17 heavy (non-hydrogen) atoms. The molecular formula is C12H22N2O3. The second kappa shape index (κ2) is 5.49. The highest BCUT2D eigenvalue weighted by Gasteiger charge is 2.36. The van der Waals surface area contributed by atoms with E-state index in [-0.39, 0.29) is 6.04 Å². The van der Waals surface area contributed by atoms with Crippen molar-refractivity contribution in [2.45, 2.75) is 39.7 Å². The van der Waals surface area contributed by atoms with Gasteiger partial charge in [-0.1, -0.05) is 0 Å². The summed E-state index contributed by atoms with van der Waals surface area (Å²) in [6.45, 7) is 7.70. The highest BCUT2D eigenvalue weighted by molar-refractivity contribution is 6.01. The summed E-state index contributed by atoms with van der Waals surface area (Å²) in [5.41, 5.74) is -1.36. The van der Waals surface area contributed by atoms with Crippen LogP contribution in [0.1, 0.15) is 33.6 Å². The molecule has 0 bridgehead atoms. The van der Waals surface area contributed by atoms with Crippen LogP contribution in [0.5, 0.6) is 0 Å². The average Bonchev–Trinajstić information content (AvgIpc) is 2.69. The number of likely N-dealkylation sites (tertiary alicyclic amines) is 1. The van der Waals surface area contributed by atoms with Crippen molar-refractivity contribution >= 4 is 11.9 Å². The van der Waals surface area contributed by atoms with Crippen LogP contribution in [0.4, 0.5) is 0 Å². The molecule has 98 valence electrons. The molecule has 5 nitrogen and oxygen atoms in total. The Balaban J connectivity index is 2.42. The summed E-state index contributed by atoms with van der Waals surface area (Å²) in [6, 6.07) is -0.0146. The quantitative estimate of drug-likeness (QED) is 0.696. The van der Waals surface area contributed by atoms with Crippen molar-refractivity contribution in [3.63, 3.8) is 0 Å². The van der Waals surface area contributed by atoms with E-state index in [9.17, 15) is 9.59 Å². The van der Waals surface area contributed by atoms with E-state index < -0.39 is 17.3 Å². The minimum absolute atomic E-state index is 0.0146. The third kappa shape index (κ3) is 3.70. The SMILES string of the molecule is CC(CN1CCCC1)NC(=O)C(C)(C)C(=O)O. The molecule has 0 aromatic rings. The largest absolute Gasteiger partial charge is 0.480 e. The van der Waals surface area contributed by atoms with Gasteiger partial charge in [-0.25, -0.2) is 0 Å². The summed E-state index contributed by atoms with van der Waals surface area (Å²) in [5.74, 6) is -1.51. The Morgan fingerprint density at radius 3 is 2.35 bits per heavy atom. The van der Waals surface area contributed by atoms with Crippen LogP contribution in [-0.4, -0.2) is 47.6 Å². The van der Waals surface area contributed by atoms with Gasteiger partial charge in [-0.05, 0) is 46.7 Å². The molecule has 1 heterocycles. The van der Waals surface area contributed by atoms with E-state index in [2.05, 4.69) is 10.2 Å². The van der Waals surface area contributed by atoms with Crippen LogP contribution in [0.15, 0.2) is 0 Å². The van der Waals surface area contributed by atoms with Gasteiger partial charge in [0.1, 0.15) is 5.41 Å². The molecule has 0 spiro atoms. The number of carbonyl (C=O) groups excluding carboxylic acids is 1. The van der Waals surface area contributed by atoms with Gasteiger partial charge in [0.25, 0.3) is 0 Å². The molecular weight excluding hydrogens is 220 g/mol. The third-order valence-electron chi connectivity index (χ3n) is 3.21. The fourth-order valence-corrected chi connectivity index (χ4v) is 1.90. The maximum absolute atomic E-state index is 11.8. The van der Waals surface area contributed by atoms with Crippen molar-refractivity contribution in [3.8, 4) is 0 Å². The van der Waals surface area contributed by atoms with Gasteiger partial charge in [0.2, 0.25) is 5.91 Å². The number of carboxylic acids is 1. The molecule has 0 radical (unpaired) electrons. The molecule has 1 unspecified atom stereocenters. The molecule has 0 aliphatic carbocycles. The molecule has 1 atom stereocenters. The predicted octanol–water partition coefficient (Wildman–Crippen LogP) is 0.698. The van der Waals surface area contributed by atoms with Crippen molar-refractivity contribution in [2.75, 3.05) is 19.6 Å². The maximum atomic E-state index is 11.8. The number of carboxylic acid groups (broad SMARTS) is 1. The Morgan fingerprint density at radius 1 is 1.35 bits per heavy atom. The molecule has 5 heteroatoms. The molecule has 2 N–H and O–H groups in total. The second-order valence-electron chi connectivity index (χ2n) is 5.31. The zero-order valence-electron chi connectivity index (χ0n) is 10.8. The van der Waals surface area contributed by atoms with Gasteiger partial charge in [-0.3, -0.25) is 9.59 Å². The highest BCUT2D eigenvalue weighted by Crippen LogP contribution is 2.15. The molecule has 1 aliphatic heterocycles. The van der Waals surface area contributed by atoms with Crippen molar-refractivity contribution < 1.29 is 14.7 Å². The fourth-order valence-electron chi connectivity index (χ4n) is 1.90. The molecule has 0 saturated carbocycles. The molecule has 1 rings (SSSR count). The van der Waals surface area contributed by atoms with Crippen LogP contribution in [0, 0.1) is 5.41 Å². The Labute approximate surface area is 102 Å². The monoisotopic (exact) mass is 242 g/mol. The molecule has 1 amide bonds. The molecule has 1 saturated heterocycles. The van der Waals surface area contributed by atoms with Crippen LogP contribution >= 0.6 is 0 Å². The Kier molecular flexibility index (Phi) is 4.51. The summed E-state index contributed by atoms with van der Waals surface area (Å²) in [4.78, 5) is 25.0. The van der Waals surface area contributed by atoms with E-state index in [0.29, 0.717) is 0 Å². The molecule has 1 aliphatic rings. The normalized spacial score (nSPS) is 19.0. The van der Waals surface area contributed by atoms with Crippen LogP contribution in [0.25, 0.3) is 0 Å². The zero-order valence-corrected chi connectivity index (χ0v) is 10.8. The van der Waals surface area contributed by atoms with E-state index in [4.69, 9.17) is 5.11 Å². The van der Waals surface area contributed by atoms with Crippen molar-refractivity contribution in [2.24, 2.45) is 5.41 Å². The molecule has 0 aromatic heterocycles. The maximum Gasteiger partial charge on any atom is 0.318 e. The van der Waals surface area contributed by atoms with E-state index >= 15 is 0 Å². The van der Waals surface area contributed by atoms with Gasteiger partial charge in [0, 0.05) is 12.6 Å². The first-order chi connectivity index (χ1) is 7.84. The lowest BCUT2D eigenvalue weighted by atomic mass is 9.92. The van der Waals surface area contributed by atoms with Gasteiger partial charge in [-0.15, -0.1) is 0 Å². The predicted molar refractivity (Wildman–Crippen MR) is 64.7 cm³/mol. The van der Waals surface area contributed by atoms with Crippen LogP contribution in [0.2, 0.25) is 0 Å². The van der Waals surface area contributed by atoms with Crippen LogP contribution in [-0.2, 0) is 9.59 Å². The Hall–Kier alpha value is -1.10. The first kappa shape index (κ1) is 14.0. The van der Waals surface area contributed by atoms with E-state index in [1.807, 2.05) is 6.92 Å². The number of hydrogen-bond donors (Lipinski definition) is 2. The van der Waals surface area contributed by atoms with Gasteiger partial charge in [0.15, 0.2) is 0 Å².